The molecule has 6 heteroatoms. The molecule has 3 heterocycles. The lowest BCUT2D eigenvalue weighted by Gasteiger charge is -2.50. The summed E-state index contributed by atoms with van der Waals surface area (Å²) in [7, 11) is 0. The van der Waals surface area contributed by atoms with Crippen molar-refractivity contribution in [3.8, 4) is 0 Å². The molecule has 3 aliphatic heterocycles. The summed E-state index contributed by atoms with van der Waals surface area (Å²) in [6.07, 6.45) is 1.61. The zero-order valence-corrected chi connectivity index (χ0v) is 19.0. The molecule has 2 aromatic rings. The Bertz CT molecular complexity index is 1210. The molecule has 0 aliphatic carbocycles. The Hall–Kier alpha value is -2.86. The number of nitrogens with zero attached hydrogens (tertiary/aromatic N) is 2. The number of aliphatic imine (C=N–C) groups is 1. The molecule has 2 N–H and O–H groups in total. The van der Waals surface area contributed by atoms with Crippen LogP contribution < -0.4 is 10.6 Å². The van der Waals surface area contributed by atoms with Gasteiger partial charge < -0.3 is 10.6 Å². The highest BCUT2D eigenvalue weighted by molar-refractivity contribution is 8.18. The monoisotopic (exact) mass is 431 g/mol. The van der Waals surface area contributed by atoms with E-state index in [1.807, 2.05) is 11.0 Å². The quantitative estimate of drug-likeness (QED) is 0.716. The second-order valence-corrected chi connectivity index (χ2v) is 10.3. The molecule has 0 radical (unpaired) electrons. The zero-order chi connectivity index (χ0) is 22.1. The fourth-order valence-corrected chi connectivity index (χ4v) is 6.23. The summed E-state index contributed by atoms with van der Waals surface area (Å²) in [6, 6.07) is 14.8. The van der Waals surface area contributed by atoms with Gasteiger partial charge in [0, 0.05) is 16.5 Å². The third-order valence-corrected chi connectivity index (χ3v) is 7.61. The summed E-state index contributed by atoms with van der Waals surface area (Å²) >= 11 is 1.10. The molecule has 158 valence electrons. The minimum absolute atomic E-state index is 0.134. The molecule has 0 spiro atoms. The van der Waals surface area contributed by atoms with E-state index in [1.165, 1.54) is 5.56 Å². The van der Waals surface area contributed by atoms with E-state index in [0.29, 0.717) is 10.5 Å². The number of thioether (sulfide) groups is 1. The molecule has 0 saturated carbocycles. The summed E-state index contributed by atoms with van der Waals surface area (Å²) in [6.45, 7) is 8.59. The first-order valence-corrected chi connectivity index (χ1v) is 11.4. The highest BCUT2D eigenvalue weighted by atomic mass is 32.2. The third kappa shape index (κ3) is 2.74. The minimum atomic E-state index is -0.432. The lowest BCUT2D eigenvalue weighted by atomic mass is 9.65. The first-order chi connectivity index (χ1) is 14.7. The van der Waals surface area contributed by atoms with Crippen LogP contribution >= 0.6 is 11.8 Å². The van der Waals surface area contributed by atoms with Crippen LogP contribution in [0.1, 0.15) is 56.4 Å². The number of hydrogen-bond acceptors (Lipinski definition) is 4. The fourth-order valence-electron chi connectivity index (χ4n) is 5.46. The molecule has 5 rings (SSSR count). The van der Waals surface area contributed by atoms with Crippen LogP contribution in [0.5, 0.6) is 0 Å². The van der Waals surface area contributed by atoms with Crippen molar-refractivity contribution < 1.29 is 9.59 Å². The van der Waals surface area contributed by atoms with Crippen LogP contribution in [0.2, 0.25) is 0 Å². The predicted molar refractivity (Wildman–Crippen MR) is 126 cm³/mol. The molecule has 31 heavy (non-hydrogen) atoms. The number of aryl methyl sites for hydroxylation is 1. The van der Waals surface area contributed by atoms with Gasteiger partial charge in [0.2, 0.25) is 0 Å². The van der Waals surface area contributed by atoms with Gasteiger partial charge >= 0.3 is 0 Å². The Morgan fingerprint density at radius 3 is 2.45 bits per heavy atom. The third-order valence-electron chi connectivity index (χ3n) is 6.72. The Balaban J connectivity index is 1.86. The maximum absolute atomic E-state index is 13.8. The normalized spacial score (nSPS) is 26.3. The maximum Gasteiger partial charge on any atom is 0.287 e. The molecule has 1 unspecified atom stereocenters. The topological polar surface area (TPSA) is 75.8 Å². The SMILES string of the molecule is CCc1cc2c3c(c1)C(C)(c1ccccc1)CC(C)(C)N3C(=O)/C2=C1\SC(N)=NC1=O. The van der Waals surface area contributed by atoms with E-state index >= 15 is 0 Å². The highest BCUT2D eigenvalue weighted by Crippen LogP contribution is 2.57. The van der Waals surface area contributed by atoms with Crippen molar-refractivity contribution in [2.24, 2.45) is 10.7 Å². The number of carbonyl (C=O) groups excluding carboxylic acids is 2. The van der Waals surface area contributed by atoms with Crippen LogP contribution in [-0.4, -0.2) is 22.5 Å². The average molecular weight is 432 g/mol. The van der Waals surface area contributed by atoms with E-state index in [1.54, 1.807) is 0 Å². The molecule has 1 atom stereocenters. The van der Waals surface area contributed by atoms with Crippen LogP contribution in [0.25, 0.3) is 5.57 Å². The van der Waals surface area contributed by atoms with Crippen LogP contribution in [-0.2, 0) is 21.4 Å². The smallest absolute Gasteiger partial charge is 0.287 e. The highest BCUT2D eigenvalue weighted by Gasteiger charge is 2.53. The van der Waals surface area contributed by atoms with E-state index < -0.39 is 11.4 Å². The number of carbonyl (C=O) groups is 2. The molecule has 2 amide bonds. The standard InChI is InChI=1S/C25H25N3O2S/c1-5-14-11-16-18(20-21(29)27-23(26)31-20)22(30)28-19(16)17(12-14)25(4,13-24(28,2)3)15-9-7-6-8-10-15/h6-12H,5,13H2,1-4H3,(H2,26,27,29)/b20-18-. The number of benzene rings is 2. The van der Waals surface area contributed by atoms with E-state index in [4.69, 9.17) is 5.73 Å². The van der Waals surface area contributed by atoms with Crippen molar-refractivity contribution in [2.45, 2.75) is 51.5 Å². The molecule has 2 aromatic carbocycles. The van der Waals surface area contributed by atoms with Crippen LogP contribution in [0.4, 0.5) is 5.69 Å². The molecule has 0 saturated heterocycles. The van der Waals surface area contributed by atoms with E-state index in [0.717, 1.165) is 47.0 Å². The second kappa shape index (κ2) is 6.57. The lowest BCUT2D eigenvalue weighted by molar-refractivity contribution is -0.115. The van der Waals surface area contributed by atoms with Gasteiger partial charge in [-0.05, 0) is 61.2 Å². The van der Waals surface area contributed by atoms with Crippen LogP contribution in [0, 0.1) is 0 Å². The average Bonchev–Trinajstić information content (AvgIpc) is 3.21. The predicted octanol–water partition coefficient (Wildman–Crippen LogP) is 4.38. The first-order valence-electron chi connectivity index (χ1n) is 10.6. The van der Waals surface area contributed by atoms with Crippen molar-refractivity contribution in [1.82, 2.24) is 0 Å². The summed E-state index contributed by atoms with van der Waals surface area (Å²) < 4.78 is 0. The number of nitrogens with two attached hydrogens (primary N) is 1. The molecular formula is C25H25N3O2S. The number of hydrogen-bond donors (Lipinski definition) is 1. The second-order valence-electron chi connectivity index (χ2n) is 9.28. The number of rotatable bonds is 2. The van der Waals surface area contributed by atoms with Crippen molar-refractivity contribution in [2.75, 3.05) is 4.90 Å². The Kier molecular flexibility index (Phi) is 4.25. The summed E-state index contributed by atoms with van der Waals surface area (Å²) in [4.78, 5) is 32.5. The molecule has 0 aromatic heterocycles. The van der Waals surface area contributed by atoms with Crippen molar-refractivity contribution in [3.05, 3.63) is 69.6 Å². The van der Waals surface area contributed by atoms with Gasteiger partial charge in [0.25, 0.3) is 11.8 Å². The molecular weight excluding hydrogens is 406 g/mol. The first kappa shape index (κ1) is 20.1. The summed E-state index contributed by atoms with van der Waals surface area (Å²) in [5, 5.41) is 0.190. The molecule has 5 nitrogen and oxygen atoms in total. The Labute approximate surface area is 186 Å². The van der Waals surface area contributed by atoms with Gasteiger partial charge in [-0.25, -0.2) is 0 Å². The molecule has 0 fully saturated rings. The lowest BCUT2D eigenvalue weighted by Crippen LogP contribution is -2.54. The maximum atomic E-state index is 13.8. The van der Waals surface area contributed by atoms with Gasteiger partial charge in [-0.3, -0.25) is 9.59 Å². The van der Waals surface area contributed by atoms with Crippen molar-refractivity contribution in [1.29, 1.82) is 0 Å². The van der Waals surface area contributed by atoms with Crippen LogP contribution in [0.3, 0.4) is 0 Å². The van der Waals surface area contributed by atoms with Crippen molar-refractivity contribution >= 4 is 40.0 Å². The number of amides is 2. The minimum Gasteiger partial charge on any atom is -0.378 e. The van der Waals surface area contributed by atoms with Gasteiger partial charge in [-0.2, -0.15) is 4.99 Å². The Morgan fingerprint density at radius 1 is 1.13 bits per heavy atom. The Morgan fingerprint density at radius 2 is 1.84 bits per heavy atom. The molecule has 3 aliphatic rings. The van der Waals surface area contributed by atoms with Gasteiger partial charge in [0.15, 0.2) is 5.17 Å². The summed E-state index contributed by atoms with van der Waals surface area (Å²) in [5.74, 6) is -0.560. The fraction of sp³-hybridized carbons (Fsp3) is 0.320. The largest absolute Gasteiger partial charge is 0.378 e. The summed E-state index contributed by atoms with van der Waals surface area (Å²) in [5.41, 5.74) is 10.8. The van der Waals surface area contributed by atoms with Gasteiger partial charge in [0.1, 0.15) is 0 Å². The van der Waals surface area contributed by atoms with Gasteiger partial charge in [0.05, 0.1) is 16.2 Å². The molecule has 0 bridgehead atoms. The van der Waals surface area contributed by atoms with E-state index in [9.17, 15) is 9.59 Å². The van der Waals surface area contributed by atoms with Crippen LogP contribution in [0.15, 0.2) is 52.4 Å². The van der Waals surface area contributed by atoms with Crippen molar-refractivity contribution in [3.63, 3.8) is 0 Å². The number of anilines is 1. The van der Waals surface area contributed by atoms with E-state index in [2.05, 4.69) is 69.1 Å². The zero-order valence-electron chi connectivity index (χ0n) is 18.2. The van der Waals surface area contributed by atoms with E-state index in [-0.39, 0.29) is 16.5 Å². The van der Waals surface area contributed by atoms with Gasteiger partial charge in [-0.1, -0.05) is 50.2 Å². The van der Waals surface area contributed by atoms with Gasteiger partial charge in [-0.15, -0.1) is 0 Å². The number of amidine groups is 1.